The summed E-state index contributed by atoms with van der Waals surface area (Å²) in [6, 6.07) is 17.6. The number of nitrogens with zero attached hydrogens (tertiary/aromatic N) is 7. The first-order valence-corrected chi connectivity index (χ1v) is 19.5. The SMILES string of the molecule is CCOC(=O)c1sc2nc(N)c(=O)n(-c3ccc4c(c3)N(c3ccccc3)CCO4)c2c1C(=O)NC1CCN(CC(O)(Cn2cncn2)c2ccc(F)cc2F)CC1. The molecule has 1 atom stereocenters. The number of halogens is 2. The molecule has 300 valence electrons. The normalized spacial score (nSPS) is 15.8. The van der Waals surface area contributed by atoms with Gasteiger partial charge >= 0.3 is 5.97 Å². The van der Waals surface area contributed by atoms with Gasteiger partial charge in [0.15, 0.2) is 5.82 Å². The van der Waals surface area contributed by atoms with Gasteiger partial charge in [-0.3, -0.25) is 19.1 Å². The van der Waals surface area contributed by atoms with Crippen LogP contribution in [0.3, 0.4) is 0 Å². The number of anilines is 3. The van der Waals surface area contributed by atoms with Crippen LogP contribution in [0.5, 0.6) is 5.75 Å². The molecule has 1 unspecified atom stereocenters. The summed E-state index contributed by atoms with van der Waals surface area (Å²) in [5.41, 5.74) is 5.64. The fraction of sp³-hybridized carbons (Fsp3) is 0.300. The number of β-amino-alcohol motifs (C(OH)–C–C–N with tert-alkyl or cyclic N) is 1. The van der Waals surface area contributed by atoms with Crippen molar-refractivity contribution < 1.29 is 33.0 Å². The van der Waals surface area contributed by atoms with E-state index in [1.54, 1.807) is 25.1 Å². The summed E-state index contributed by atoms with van der Waals surface area (Å²) in [6.07, 6.45) is 3.54. The minimum absolute atomic E-state index is 0.0227. The Bertz CT molecular complexity index is 2540. The number of piperidine rings is 1. The predicted molar refractivity (Wildman–Crippen MR) is 212 cm³/mol. The number of hydrogen-bond acceptors (Lipinski definition) is 13. The fourth-order valence-corrected chi connectivity index (χ4v) is 8.68. The van der Waals surface area contributed by atoms with Crippen molar-refractivity contribution in [2.75, 3.05) is 50.0 Å². The second kappa shape index (κ2) is 16.0. The van der Waals surface area contributed by atoms with Crippen molar-refractivity contribution in [1.82, 2.24) is 34.5 Å². The maximum absolute atomic E-state index is 15.1. The summed E-state index contributed by atoms with van der Waals surface area (Å²) >= 11 is 0.905. The first-order chi connectivity index (χ1) is 28.0. The van der Waals surface area contributed by atoms with Crippen LogP contribution in [0.4, 0.5) is 26.0 Å². The molecule has 15 nitrogen and oxygen atoms in total. The number of fused-ring (bicyclic) bond motifs is 2. The van der Waals surface area contributed by atoms with E-state index < -0.39 is 34.7 Å². The number of carbonyl (C=O) groups is 2. The number of esters is 1. The third-order valence-electron chi connectivity index (χ3n) is 10.3. The molecule has 0 bridgehead atoms. The Morgan fingerprint density at radius 2 is 1.84 bits per heavy atom. The summed E-state index contributed by atoms with van der Waals surface area (Å²) in [5, 5.41) is 19.0. The molecule has 2 aliphatic heterocycles. The maximum Gasteiger partial charge on any atom is 0.349 e. The number of nitrogens with two attached hydrogens (primary N) is 1. The number of nitrogen functional groups attached to an aromatic ring is 1. The van der Waals surface area contributed by atoms with Crippen LogP contribution in [-0.4, -0.2) is 91.6 Å². The van der Waals surface area contributed by atoms with Crippen molar-refractivity contribution in [3.05, 3.63) is 117 Å². The molecule has 0 radical (unpaired) electrons. The van der Waals surface area contributed by atoms with Gasteiger partial charge in [0.05, 0.1) is 42.2 Å². The lowest BCUT2D eigenvalue weighted by Gasteiger charge is -2.38. The molecule has 5 heterocycles. The zero-order valence-electron chi connectivity index (χ0n) is 31.3. The zero-order valence-corrected chi connectivity index (χ0v) is 32.1. The Kier molecular flexibility index (Phi) is 10.6. The molecule has 18 heteroatoms. The average Bonchev–Trinajstić information content (AvgIpc) is 3.87. The van der Waals surface area contributed by atoms with Gasteiger partial charge in [-0.2, -0.15) is 5.10 Å². The number of benzene rings is 3. The number of para-hydroxylation sites is 1. The lowest BCUT2D eigenvalue weighted by molar-refractivity contribution is -0.0271. The lowest BCUT2D eigenvalue weighted by atomic mass is 9.91. The van der Waals surface area contributed by atoms with Crippen LogP contribution < -0.4 is 26.2 Å². The first kappa shape index (κ1) is 38.6. The molecule has 0 saturated carbocycles. The van der Waals surface area contributed by atoms with E-state index in [0.717, 1.165) is 29.2 Å². The Morgan fingerprint density at radius 3 is 2.57 bits per heavy atom. The van der Waals surface area contributed by atoms with Crippen molar-refractivity contribution in [1.29, 1.82) is 0 Å². The minimum Gasteiger partial charge on any atom is -0.490 e. The van der Waals surface area contributed by atoms with Crippen molar-refractivity contribution in [2.45, 2.75) is 38.0 Å². The van der Waals surface area contributed by atoms with Crippen molar-refractivity contribution in [3.63, 3.8) is 0 Å². The van der Waals surface area contributed by atoms with Gasteiger partial charge in [-0.05, 0) is 56.2 Å². The molecule has 3 aromatic carbocycles. The molecule has 1 fully saturated rings. The summed E-state index contributed by atoms with van der Waals surface area (Å²) in [4.78, 5) is 54.3. The highest BCUT2D eigenvalue weighted by molar-refractivity contribution is 7.20. The standard InChI is InChI=1S/C40H39F2N9O6S/c1-2-56-39(54)34-32(36(52)46-25-12-14-48(15-13-25)20-40(55,21-49-23-44-22-45-49)28-10-8-24(41)18-29(28)42)33-37(58-34)47-35(43)38(53)51(33)27-9-11-31-30(19-27)50(16-17-57-31)26-6-4-3-5-7-26/h3-11,18-19,22-23,25,55H,2,12-17,20-21H2,1H3,(H2,43,47)(H,46,52). The monoisotopic (exact) mass is 811 g/mol. The highest BCUT2D eigenvalue weighted by Gasteiger charge is 2.38. The molecule has 58 heavy (non-hydrogen) atoms. The molecule has 4 N–H and O–H groups in total. The number of carbonyl (C=O) groups excluding carboxylic acids is 2. The van der Waals surface area contributed by atoms with Crippen molar-refractivity contribution in [2.24, 2.45) is 0 Å². The Labute approximate surface area is 334 Å². The molecular weight excluding hydrogens is 773 g/mol. The second-order valence-corrected chi connectivity index (χ2v) is 15.1. The third-order valence-corrected chi connectivity index (χ3v) is 11.3. The topological polar surface area (TPSA) is 183 Å². The number of hydrogen-bond donors (Lipinski definition) is 3. The van der Waals surface area contributed by atoms with Gasteiger partial charge in [-0.25, -0.2) is 28.2 Å². The summed E-state index contributed by atoms with van der Waals surface area (Å²) in [6.45, 7) is 3.30. The first-order valence-electron chi connectivity index (χ1n) is 18.7. The number of likely N-dealkylation sites (tertiary alicyclic amines) is 1. The predicted octanol–water partition coefficient (Wildman–Crippen LogP) is 4.39. The number of aromatic nitrogens is 5. The second-order valence-electron chi connectivity index (χ2n) is 14.1. The Morgan fingerprint density at radius 1 is 1.05 bits per heavy atom. The van der Waals surface area contributed by atoms with E-state index in [2.05, 4.69) is 25.3 Å². The number of nitrogens with one attached hydrogen (secondary N) is 1. The highest BCUT2D eigenvalue weighted by Crippen LogP contribution is 2.40. The van der Waals surface area contributed by atoms with Crippen LogP contribution in [0.15, 0.2) is 84.2 Å². The highest BCUT2D eigenvalue weighted by atomic mass is 32.1. The van der Waals surface area contributed by atoms with Crippen LogP contribution in [0.1, 0.15) is 45.4 Å². The Hall–Kier alpha value is -6.24. The van der Waals surface area contributed by atoms with Crippen LogP contribution in [0.25, 0.3) is 16.0 Å². The molecule has 1 amide bonds. The maximum atomic E-state index is 15.1. The van der Waals surface area contributed by atoms with E-state index >= 15 is 4.39 Å². The molecule has 8 rings (SSSR count). The van der Waals surface area contributed by atoms with E-state index in [1.807, 2.05) is 35.2 Å². The quantitative estimate of drug-likeness (QED) is 0.157. The molecule has 0 aliphatic carbocycles. The van der Waals surface area contributed by atoms with Crippen molar-refractivity contribution >= 4 is 50.8 Å². The summed E-state index contributed by atoms with van der Waals surface area (Å²) in [7, 11) is 0. The van der Waals surface area contributed by atoms with E-state index in [4.69, 9.17) is 15.2 Å². The van der Waals surface area contributed by atoms with Gasteiger partial charge in [0.2, 0.25) is 0 Å². The lowest BCUT2D eigenvalue weighted by Crippen LogP contribution is -2.50. The summed E-state index contributed by atoms with van der Waals surface area (Å²) in [5.74, 6) is -2.74. The van der Waals surface area contributed by atoms with Gasteiger partial charge in [0.1, 0.15) is 52.0 Å². The van der Waals surface area contributed by atoms with Crippen LogP contribution in [-0.2, 0) is 16.9 Å². The third kappa shape index (κ3) is 7.48. The number of thiophene rings is 1. The Balaban J connectivity index is 1.10. The number of aliphatic hydroxyl groups is 1. The van der Waals surface area contributed by atoms with Crippen LogP contribution >= 0.6 is 11.3 Å². The molecule has 1 saturated heterocycles. The molecule has 3 aromatic heterocycles. The van der Waals surface area contributed by atoms with E-state index in [0.29, 0.717) is 56.2 Å². The number of amides is 1. The molecule has 2 aliphatic rings. The number of rotatable bonds is 11. The minimum atomic E-state index is -1.80. The molecule has 0 spiro atoms. The van der Waals surface area contributed by atoms with Crippen molar-refractivity contribution in [3.8, 4) is 11.4 Å². The molecule has 6 aromatic rings. The van der Waals surface area contributed by atoms with Gasteiger partial charge in [-0.15, -0.1) is 11.3 Å². The van der Waals surface area contributed by atoms with E-state index in [9.17, 15) is 23.9 Å². The van der Waals surface area contributed by atoms with E-state index in [-0.39, 0.29) is 57.9 Å². The van der Waals surface area contributed by atoms with Crippen LogP contribution in [0.2, 0.25) is 0 Å². The van der Waals surface area contributed by atoms with Gasteiger partial charge in [-0.1, -0.05) is 24.3 Å². The van der Waals surface area contributed by atoms with Gasteiger partial charge < -0.3 is 30.5 Å². The molecular formula is C40H39F2N9O6S. The summed E-state index contributed by atoms with van der Waals surface area (Å²) < 4.78 is 42.9. The smallest absolute Gasteiger partial charge is 0.349 e. The van der Waals surface area contributed by atoms with E-state index in [1.165, 1.54) is 28.0 Å². The van der Waals surface area contributed by atoms with Gasteiger partial charge in [0, 0.05) is 43.0 Å². The van der Waals surface area contributed by atoms with Crippen LogP contribution in [0, 0.1) is 11.6 Å². The number of ether oxygens (including phenoxy) is 2. The average molecular weight is 812 g/mol. The van der Waals surface area contributed by atoms with Gasteiger partial charge in [0.25, 0.3) is 11.5 Å². The fourth-order valence-electron chi connectivity index (χ4n) is 7.62. The zero-order chi connectivity index (χ0) is 40.6. The largest absolute Gasteiger partial charge is 0.490 e.